The molecular formula is C10H12N4. The van der Waals surface area contributed by atoms with E-state index in [0.717, 1.165) is 24.5 Å². The van der Waals surface area contributed by atoms with Crippen LogP contribution in [0.4, 0.5) is 0 Å². The molecule has 0 bridgehead atoms. The van der Waals surface area contributed by atoms with Gasteiger partial charge in [-0.1, -0.05) is 6.08 Å². The van der Waals surface area contributed by atoms with Gasteiger partial charge in [-0.05, 0) is 12.5 Å². The van der Waals surface area contributed by atoms with Gasteiger partial charge < -0.3 is 5.43 Å². The van der Waals surface area contributed by atoms with Gasteiger partial charge in [-0.3, -0.25) is 4.99 Å². The van der Waals surface area contributed by atoms with Crippen molar-refractivity contribution in [2.24, 2.45) is 21.8 Å². The minimum absolute atomic E-state index is 0.419. The second-order valence-electron chi connectivity index (χ2n) is 3.70. The standard InChI is InChI=1S/C10H12N4/c1-4-11-5-3-9-7(1)8-2-6-12-14-10(8)13-9/h1,3-5,7-8,12H,2,6H2,(H,13,14). The van der Waals surface area contributed by atoms with Crippen LogP contribution >= 0.6 is 0 Å². The first-order valence-electron chi connectivity index (χ1n) is 4.92. The van der Waals surface area contributed by atoms with Gasteiger partial charge in [0.05, 0.1) is 5.70 Å². The van der Waals surface area contributed by atoms with Gasteiger partial charge in [0.15, 0.2) is 0 Å². The normalized spacial score (nSPS) is 33.7. The summed E-state index contributed by atoms with van der Waals surface area (Å²) in [5.41, 5.74) is 7.38. The molecule has 72 valence electrons. The topological polar surface area (TPSA) is 48.8 Å². The van der Waals surface area contributed by atoms with Crippen LogP contribution in [0.15, 0.2) is 34.0 Å². The minimum atomic E-state index is 0.419. The van der Waals surface area contributed by atoms with Crippen molar-refractivity contribution in [2.75, 3.05) is 6.54 Å². The van der Waals surface area contributed by atoms with Crippen molar-refractivity contribution in [1.82, 2.24) is 10.9 Å². The van der Waals surface area contributed by atoms with Crippen LogP contribution in [0.1, 0.15) is 6.42 Å². The molecule has 0 spiro atoms. The molecule has 0 radical (unpaired) electrons. The van der Waals surface area contributed by atoms with Gasteiger partial charge in [0, 0.05) is 30.8 Å². The molecule has 2 N–H and O–H groups in total. The number of nitrogens with zero attached hydrogens (tertiary/aromatic N) is 2. The molecule has 1 saturated heterocycles. The van der Waals surface area contributed by atoms with Crippen LogP contribution in [0.3, 0.4) is 0 Å². The molecule has 0 saturated carbocycles. The van der Waals surface area contributed by atoms with Crippen molar-refractivity contribution in [3.8, 4) is 0 Å². The van der Waals surface area contributed by atoms with Crippen molar-refractivity contribution in [3.63, 3.8) is 0 Å². The fraction of sp³-hybridized carbons (Fsp3) is 0.400. The lowest BCUT2D eigenvalue weighted by molar-refractivity contribution is 0.451. The number of nitrogens with one attached hydrogen (secondary N) is 2. The maximum absolute atomic E-state index is 4.55. The lowest BCUT2D eigenvalue weighted by Crippen LogP contribution is -2.47. The number of aliphatic imine (C=N–C) groups is 2. The van der Waals surface area contributed by atoms with Gasteiger partial charge in [-0.15, -0.1) is 0 Å². The zero-order chi connectivity index (χ0) is 9.38. The average molecular weight is 188 g/mol. The lowest BCUT2D eigenvalue weighted by atomic mass is 9.88. The van der Waals surface area contributed by atoms with E-state index in [-0.39, 0.29) is 0 Å². The van der Waals surface area contributed by atoms with E-state index in [4.69, 9.17) is 0 Å². The third kappa shape index (κ3) is 1.11. The molecule has 0 aromatic rings. The van der Waals surface area contributed by atoms with Crippen molar-refractivity contribution >= 4 is 12.1 Å². The predicted octanol–water partition coefficient (Wildman–Crippen LogP) is 0.611. The molecule has 1 fully saturated rings. The summed E-state index contributed by atoms with van der Waals surface area (Å²) in [6, 6.07) is 0. The second-order valence-corrected chi connectivity index (χ2v) is 3.70. The summed E-state index contributed by atoms with van der Waals surface area (Å²) in [5, 5.41) is 0. The number of amidine groups is 1. The quantitative estimate of drug-likeness (QED) is 0.585. The van der Waals surface area contributed by atoms with Crippen LogP contribution in [-0.4, -0.2) is 18.6 Å². The van der Waals surface area contributed by atoms with Crippen molar-refractivity contribution in [3.05, 3.63) is 24.0 Å². The van der Waals surface area contributed by atoms with Crippen LogP contribution in [0.5, 0.6) is 0 Å². The van der Waals surface area contributed by atoms with Gasteiger partial charge in [0.25, 0.3) is 0 Å². The fourth-order valence-electron chi connectivity index (χ4n) is 2.18. The Kier molecular flexibility index (Phi) is 1.73. The number of hydrogen-bond donors (Lipinski definition) is 2. The maximum atomic E-state index is 4.55. The lowest BCUT2D eigenvalue weighted by Gasteiger charge is -2.24. The number of hydrogen-bond acceptors (Lipinski definition) is 4. The summed E-state index contributed by atoms with van der Waals surface area (Å²) in [7, 11) is 0. The molecule has 3 rings (SSSR count). The monoisotopic (exact) mass is 188 g/mol. The Morgan fingerprint density at radius 2 is 2.43 bits per heavy atom. The summed E-state index contributed by atoms with van der Waals surface area (Å²) in [4.78, 5) is 8.66. The molecule has 2 atom stereocenters. The highest BCUT2D eigenvalue weighted by Crippen LogP contribution is 2.34. The Hall–Kier alpha value is -1.42. The Bertz CT molecular complexity index is 364. The first-order valence-corrected chi connectivity index (χ1v) is 4.92. The molecule has 2 unspecified atom stereocenters. The van der Waals surface area contributed by atoms with Gasteiger partial charge in [0.2, 0.25) is 0 Å². The maximum Gasteiger partial charge on any atom is 0.120 e. The molecule has 0 aromatic heterocycles. The van der Waals surface area contributed by atoms with Gasteiger partial charge >= 0.3 is 0 Å². The fourth-order valence-corrected chi connectivity index (χ4v) is 2.18. The number of rotatable bonds is 0. The first kappa shape index (κ1) is 7.94. The molecule has 4 heteroatoms. The molecule has 0 aromatic carbocycles. The van der Waals surface area contributed by atoms with Crippen molar-refractivity contribution in [2.45, 2.75) is 6.42 Å². The van der Waals surface area contributed by atoms with Crippen LogP contribution in [0.25, 0.3) is 0 Å². The highest BCUT2D eigenvalue weighted by Gasteiger charge is 2.35. The highest BCUT2D eigenvalue weighted by molar-refractivity contribution is 5.90. The Labute approximate surface area is 82.5 Å². The van der Waals surface area contributed by atoms with E-state index < -0.39 is 0 Å². The average Bonchev–Trinajstić information content (AvgIpc) is 2.42. The molecule has 0 amide bonds. The Morgan fingerprint density at radius 3 is 3.43 bits per heavy atom. The Morgan fingerprint density at radius 1 is 1.43 bits per heavy atom. The van der Waals surface area contributed by atoms with Crippen LogP contribution in [0.2, 0.25) is 0 Å². The third-order valence-electron chi connectivity index (χ3n) is 2.88. The SMILES string of the molecule is C1=CC2C(=CC=N1)N=C1NNCCC12. The highest BCUT2D eigenvalue weighted by atomic mass is 15.4. The zero-order valence-corrected chi connectivity index (χ0v) is 7.77. The van der Waals surface area contributed by atoms with E-state index in [1.54, 1.807) is 6.21 Å². The number of hydrazine groups is 1. The van der Waals surface area contributed by atoms with E-state index in [0.29, 0.717) is 11.8 Å². The molecule has 14 heavy (non-hydrogen) atoms. The molecule has 3 heterocycles. The van der Waals surface area contributed by atoms with Crippen LogP contribution < -0.4 is 10.9 Å². The van der Waals surface area contributed by atoms with Gasteiger partial charge in [0.1, 0.15) is 5.84 Å². The third-order valence-corrected chi connectivity index (χ3v) is 2.88. The molecule has 0 aliphatic carbocycles. The summed E-state index contributed by atoms with van der Waals surface area (Å²) in [5.74, 6) is 2.01. The van der Waals surface area contributed by atoms with E-state index in [1.165, 1.54) is 0 Å². The summed E-state index contributed by atoms with van der Waals surface area (Å²) in [6.45, 7) is 1.00. The van der Waals surface area contributed by atoms with E-state index in [9.17, 15) is 0 Å². The van der Waals surface area contributed by atoms with Crippen LogP contribution in [-0.2, 0) is 0 Å². The Balaban J connectivity index is 1.99. The smallest absolute Gasteiger partial charge is 0.120 e. The predicted molar refractivity (Wildman–Crippen MR) is 55.9 cm³/mol. The zero-order valence-electron chi connectivity index (χ0n) is 7.77. The largest absolute Gasteiger partial charge is 0.309 e. The van der Waals surface area contributed by atoms with E-state index in [1.807, 2.05) is 12.3 Å². The van der Waals surface area contributed by atoms with E-state index >= 15 is 0 Å². The first-order chi connectivity index (χ1) is 6.95. The number of allylic oxidation sites excluding steroid dienone is 2. The van der Waals surface area contributed by atoms with Gasteiger partial charge in [-0.2, -0.15) is 0 Å². The van der Waals surface area contributed by atoms with E-state index in [2.05, 4.69) is 26.9 Å². The number of fused-ring (bicyclic) bond motifs is 3. The molecule has 3 aliphatic heterocycles. The second kappa shape index (κ2) is 3.06. The molecule has 4 nitrogen and oxygen atoms in total. The summed E-state index contributed by atoms with van der Waals surface area (Å²) < 4.78 is 0. The van der Waals surface area contributed by atoms with Crippen LogP contribution in [0, 0.1) is 11.8 Å². The molecular weight excluding hydrogens is 176 g/mol. The molecule has 3 aliphatic rings. The summed E-state index contributed by atoms with van der Waals surface area (Å²) in [6.07, 6.45) is 8.95. The minimum Gasteiger partial charge on any atom is -0.309 e. The summed E-state index contributed by atoms with van der Waals surface area (Å²) >= 11 is 0. The van der Waals surface area contributed by atoms with Crippen molar-refractivity contribution < 1.29 is 0 Å². The van der Waals surface area contributed by atoms with Crippen molar-refractivity contribution in [1.29, 1.82) is 0 Å². The van der Waals surface area contributed by atoms with Gasteiger partial charge in [-0.25, -0.2) is 10.4 Å².